The Bertz CT molecular complexity index is 140. The lowest BCUT2D eigenvalue weighted by Crippen LogP contribution is -1.90. The lowest BCUT2D eigenvalue weighted by atomic mass is 10.0. The van der Waals surface area contributed by atoms with Crippen molar-refractivity contribution in [2.24, 2.45) is 5.92 Å². The Morgan fingerprint density at radius 2 is 2.09 bits per heavy atom. The molecule has 0 aliphatic rings. The van der Waals surface area contributed by atoms with Gasteiger partial charge in [-0.25, -0.2) is 0 Å². The van der Waals surface area contributed by atoms with Crippen molar-refractivity contribution in [2.75, 3.05) is 0 Å². The van der Waals surface area contributed by atoms with Crippen LogP contribution in [0.3, 0.4) is 0 Å². The van der Waals surface area contributed by atoms with Crippen LogP contribution in [0.15, 0.2) is 37.0 Å². The van der Waals surface area contributed by atoms with E-state index in [1.54, 1.807) is 0 Å². The molecule has 0 aliphatic carbocycles. The van der Waals surface area contributed by atoms with Crippen LogP contribution in [0.25, 0.3) is 0 Å². The van der Waals surface area contributed by atoms with Gasteiger partial charge in [-0.1, -0.05) is 37.3 Å². The summed E-state index contributed by atoms with van der Waals surface area (Å²) in [6, 6.07) is 0. The molecule has 1 unspecified atom stereocenters. The highest BCUT2D eigenvalue weighted by atomic mass is 14.0. The van der Waals surface area contributed by atoms with E-state index in [0.29, 0.717) is 5.92 Å². The fourth-order valence-electron chi connectivity index (χ4n) is 0.928. The highest BCUT2D eigenvalue weighted by Crippen LogP contribution is 2.09. The molecule has 0 aromatic carbocycles. The third kappa shape index (κ3) is 5.65. The van der Waals surface area contributed by atoms with Crippen molar-refractivity contribution in [3.63, 3.8) is 0 Å². The van der Waals surface area contributed by atoms with Crippen LogP contribution >= 0.6 is 0 Å². The van der Waals surface area contributed by atoms with Gasteiger partial charge in [0.05, 0.1) is 0 Å². The van der Waals surface area contributed by atoms with E-state index in [4.69, 9.17) is 0 Å². The second-order valence-corrected chi connectivity index (χ2v) is 2.60. The van der Waals surface area contributed by atoms with Crippen LogP contribution in [0.5, 0.6) is 0 Å². The molecule has 0 aliphatic heterocycles. The fourth-order valence-corrected chi connectivity index (χ4v) is 0.928. The predicted octanol–water partition coefficient (Wildman–Crippen LogP) is 3.72. The largest absolute Gasteiger partial charge is 0.103 e. The van der Waals surface area contributed by atoms with E-state index in [9.17, 15) is 0 Å². The lowest BCUT2D eigenvalue weighted by Gasteiger charge is -2.03. The van der Waals surface area contributed by atoms with E-state index in [1.807, 2.05) is 19.1 Å². The van der Waals surface area contributed by atoms with Crippen molar-refractivity contribution < 1.29 is 0 Å². The molecule has 11 heavy (non-hydrogen) atoms. The molecule has 0 nitrogen and oxygen atoms in total. The van der Waals surface area contributed by atoms with Gasteiger partial charge in [-0.2, -0.15) is 0 Å². The molecule has 0 fully saturated rings. The first-order valence-corrected chi connectivity index (χ1v) is 4.25. The summed E-state index contributed by atoms with van der Waals surface area (Å²) in [4.78, 5) is 0. The summed E-state index contributed by atoms with van der Waals surface area (Å²) in [5, 5.41) is 0. The molecular formula is C11H18. The summed E-state index contributed by atoms with van der Waals surface area (Å²) in [6.45, 7) is 7.95. The normalized spacial score (nSPS) is 14.4. The Kier molecular flexibility index (Phi) is 6.81. The van der Waals surface area contributed by atoms with E-state index >= 15 is 0 Å². The van der Waals surface area contributed by atoms with Gasteiger partial charge in [0.1, 0.15) is 0 Å². The number of rotatable bonds is 5. The Labute approximate surface area is 70.3 Å². The van der Waals surface area contributed by atoms with Crippen molar-refractivity contribution in [2.45, 2.75) is 26.7 Å². The molecule has 0 spiro atoms. The van der Waals surface area contributed by atoms with E-state index in [-0.39, 0.29) is 0 Å². The third-order valence-corrected chi connectivity index (χ3v) is 1.68. The molecule has 0 saturated carbocycles. The van der Waals surface area contributed by atoms with Gasteiger partial charge < -0.3 is 0 Å². The van der Waals surface area contributed by atoms with E-state index < -0.39 is 0 Å². The Morgan fingerprint density at radius 3 is 2.55 bits per heavy atom. The minimum absolute atomic E-state index is 0.670. The third-order valence-electron chi connectivity index (χ3n) is 1.68. The molecule has 0 amide bonds. The first-order valence-electron chi connectivity index (χ1n) is 4.25. The molecule has 0 heteroatoms. The van der Waals surface area contributed by atoms with Gasteiger partial charge in [0.25, 0.3) is 0 Å². The minimum atomic E-state index is 0.670. The summed E-state index contributed by atoms with van der Waals surface area (Å²) in [7, 11) is 0. The summed E-state index contributed by atoms with van der Waals surface area (Å²) < 4.78 is 0. The Morgan fingerprint density at radius 1 is 1.36 bits per heavy atom. The molecule has 0 aromatic rings. The van der Waals surface area contributed by atoms with Gasteiger partial charge in [0.2, 0.25) is 0 Å². The maximum atomic E-state index is 3.72. The van der Waals surface area contributed by atoms with Crippen molar-refractivity contribution in [1.82, 2.24) is 0 Å². The van der Waals surface area contributed by atoms with Gasteiger partial charge in [-0.15, -0.1) is 6.58 Å². The molecular weight excluding hydrogens is 132 g/mol. The molecule has 1 atom stereocenters. The molecule has 0 heterocycles. The quantitative estimate of drug-likeness (QED) is 0.414. The second kappa shape index (κ2) is 7.33. The van der Waals surface area contributed by atoms with Crippen LogP contribution < -0.4 is 0 Å². The highest BCUT2D eigenvalue weighted by molar-refractivity contribution is 5.03. The maximum Gasteiger partial charge on any atom is -0.0199 e. The standard InChI is InChI=1S/C11H18/c1-4-7-8-10-11(6-3)9-5-2/h4-5,7-8,10-11H,2,6,9H2,1,3H3. The molecule has 0 N–H and O–H groups in total. The van der Waals surface area contributed by atoms with E-state index in [0.717, 1.165) is 6.42 Å². The first kappa shape index (κ1) is 10.2. The molecule has 0 saturated heterocycles. The van der Waals surface area contributed by atoms with Crippen molar-refractivity contribution in [3.05, 3.63) is 37.0 Å². The summed E-state index contributed by atoms with van der Waals surface area (Å²) in [5.41, 5.74) is 0. The van der Waals surface area contributed by atoms with Crippen LogP contribution in [-0.4, -0.2) is 0 Å². The van der Waals surface area contributed by atoms with Crippen LogP contribution in [0.4, 0.5) is 0 Å². The van der Waals surface area contributed by atoms with Crippen molar-refractivity contribution >= 4 is 0 Å². The van der Waals surface area contributed by atoms with Crippen molar-refractivity contribution in [3.8, 4) is 0 Å². The lowest BCUT2D eigenvalue weighted by molar-refractivity contribution is 0.639. The Balaban J connectivity index is 3.75. The highest BCUT2D eigenvalue weighted by Gasteiger charge is 1.95. The van der Waals surface area contributed by atoms with Gasteiger partial charge in [-0.05, 0) is 25.7 Å². The number of allylic oxidation sites excluding steroid dienone is 5. The zero-order valence-electron chi connectivity index (χ0n) is 7.59. The monoisotopic (exact) mass is 150 g/mol. The molecule has 0 bridgehead atoms. The summed E-state index contributed by atoms with van der Waals surface area (Å²) in [5.74, 6) is 0.670. The van der Waals surface area contributed by atoms with Gasteiger partial charge in [-0.3, -0.25) is 0 Å². The smallest absolute Gasteiger partial charge is 0.0199 e. The van der Waals surface area contributed by atoms with Gasteiger partial charge in [0.15, 0.2) is 0 Å². The number of hydrogen-bond acceptors (Lipinski definition) is 0. The van der Waals surface area contributed by atoms with Crippen LogP contribution in [-0.2, 0) is 0 Å². The van der Waals surface area contributed by atoms with Gasteiger partial charge in [0, 0.05) is 0 Å². The topological polar surface area (TPSA) is 0 Å². The van der Waals surface area contributed by atoms with E-state index in [1.165, 1.54) is 6.42 Å². The summed E-state index contributed by atoms with van der Waals surface area (Å²) >= 11 is 0. The molecule has 0 rings (SSSR count). The first-order chi connectivity index (χ1) is 5.35. The molecule has 0 radical (unpaired) electrons. The average molecular weight is 150 g/mol. The zero-order valence-corrected chi connectivity index (χ0v) is 7.59. The van der Waals surface area contributed by atoms with Crippen LogP contribution in [0.1, 0.15) is 26.7 Å². The SMILES string of the molecule is C=CCC(C=CC=CC)CC. The van der Waals surface area contributed by atoms with Crippen LogP contribution in [0, 0.1) is 5.92 Å². The zero-order chi connectivity index (χ0) is 8.53. The molecule has 62 valence electrons. The van der Waals surface area contributed by atoms with Crippen molar-refractivity contribution in [1.29, 1.82) is 0 Å². The van der Waals surface area contributed by atoms with Gasteiger partial charge >= 0.3 is 0 Å². The Hall–Kier alpha value is -0.780. The summed E-state index contributed by atoms with van der Waals surface area (Å²) in [6.07, 6.45) is 12.7. The second-order valence-electron chi connectivity index (χ2n) is 2.60. The fraction of sp³-hybridized carbons (Fsp3) is 0.455. The van der Waals surface area contributed by atoms with E-state index in [2.05, 4.69) is 31.7 Å². The maximum absolute atomic E-state index is 3.72. The predicted molar refractivity (Wildman–Crippen MR) is 52.5 cm³/mol. The number of hydrogen-bond donors (Lipinski definition) is 0. The minimum Gasteiger partial charge on any atom is -0.103 e. The van der Waals surface area contributed by atoms with Crippen LogP contribution in [0.2, 0.25) is 0 Å². The average Bonchev–Trinajstić information content (AvgIpc) is 2.03. The molecule has 0 aromatic heterocycles.